The topological polar surface area (TPSA) is 215 Å². The van der Waals surface area contributed by atoms with Crippen LogP contribution in [0.1, 0.15) is 43.2 Å². The summed E-state index contributed by atoms with van der Waals surface area (Å²) in [5.74, 6) is 0.0711. The van der Waals surface area contributed by atoms with Crippen molar-refractivity contribution in [3.63, 3.8) is 0 Å². The summed E-state index contributed by atoms with van der Waals surface area (Å²) < 4.78 is 22.6. The molecule has 2 aromatic carbocycles. The molecule has 0 bridgehead atoms. The minimum atomic E-state index is -0.531. The molecule has 2 atom stereocenters. The fourth-order valence-electron chi connectivity index (χ4n) is 5.35. The van der Waals surface area contributed by atoms with Crippen molar-refractivity contribution in [3.8, 4) is 16.9 Å². The van der Waals surface area contributed by atoms with Crippen LogP contribution < -0.4 is 34.4 Å². The number of rotatable bonds is 15. The van der Waals surface area contributed by atoms with E-state index in [1.807, 2.05) is 12.1 Å². The number of hydrogen-bond donors (Lipinski definition) is 6. The zero-order valence-corrected chi connectivity index (χ0v) is 26.2. The van der Waals surface area contributed by atoms with Crippen molar-refractivity contribution in [1.29, 1.82) is 0 Å². The molecule has 0 saturated heterocycles. The molecule has 11 N–H and O–H groups in total. The number of hydrogen-bond acceptors (Lipinski definition) is 6. The van der Waals surface area contributed by atoms with E-state index in [9.17, 15) is 4.79 Å². The molecule has 1 unspecified atom stereocenters. The smallest absolute Gasteiger partial charge is 0.354 e. The molecular weight excluding hydrogens is 611 g/mol. The summed E-state index contributed by atoms with van der Waals surface area (Å²) >= 11 is 6.29. The van der Waals surface area contributed by atoms with Gasteiger partial charge < -0.3 is 38.4 Å². The summed E-state index contributed by atoms with van der Waals surface area (Å²) in [6, 6.07) is 12.7. The predicted octanol–water partition coefficient (Wildman–Crippen LogP) is 3.06. The Morgan fingerprint density at radius 3 is 2.50 bits per heavy atom. The maximum Gasteiger partial charge on any atom is 0.354 e. The molecule has 2 aromatic heterocycles. The van der Waals surface area contributed by atoms with Crippen LogP contribution in [0.15, 0.2) is 63.4 Å². The first kappa shape index (κ1) is 32.9. The number of aliphatic imine (C=N–C) groups is 2. The van der Waals surface area contributed by atoms with Crippen LogP contribution in [0.5, 0.6) is 0 Å². The molecule has 244 valence electrons. The van der Waals surface area contributed by atoms with Gasteiger partial charge in [-0.1, -0.05) is 23.7 Å². The average Bonchev–Trinajstić information content (AvgIpc) is 3.79. The Kier molecular flexibility index (Phi) is 10.6. The van der Waals surface area contributed by atoms with E-state index in [1.165, 1.54) is 17.4 Å². The van der Waals surface area contributed by atoms with E-state index >= 15 is 4.39 Å². The quantitative estimate of drug-likeness (QED) is 0.0828. The molecule has 12 nitrogen and oxygen atoms in total. The van der Waals surface area contributed by atoms with E-state index in [0.29, 0.717) is 46.9 Å². The van der Waals surface area contributed by atoms with E-state index in [2.05, 4.69) is 20.0 Å². The maximum atomic E-state index is 15.2. The van der Waals surface area contributed by atoms with E-state index < -0.39 is 11.5 Å². The normalized spacial score (nSPS) is 14.2. The summed E-state index contributed by atoms with van der Waals surface area (Å²) in [7, 11) is 0. The van der Waals surface area contributed by atoms with Crippen LogP contribution >= 0.6 is 11.6 Å². The zero-order valence-electron chi connectivity index (χ0n) is 25.5. The summed E-state index contributed by atoms with van der Waals surface area (Å²) in [6.45, 7) is 0.905. The Morgan fingerprint density at radius 2 is 1.80 bits per heavy atom. The molecule has 1 saturated carbocycles. The Balaban J connectivity index is 1.29. The molecule has 14 heteroatoms. The van der Waals surface area contributed by atoms with E-state index in [0.717, 1.165) is 30.4 Å². The number of halogens is 2. The molecule has 0 aliphatic heterocycles. The highest BCUT2D eigenvalue weighted by Gasteiger charge is 2.27. The largest absolute Gasteiger partial charge is 0.372 e. The van der Waals surface area contributed by atoms with E-state index in [1.54, 1.807) is 36.5 Å². The van der Waals surface area contributed by atoms with Gasteiger partial charge >= 0.3 is 5.69 Å². The van der Waals surface area contributed by atoms with E-state index in [4.69, 9.17) is 45.0 Å². The van der Waals surface area contributed by atoms with Crippen molar-refractivity contribution >= 4 is 34.6 Å². The van der Waals surface area contributed by atoms with Gasteiger partial charge in [0, 0.05) is 29.7 Å². The fraction of sp³-hybridized carbons (Fsp3) is 0.375. The number of aromatic amines is 1. The highest BCUT2D eigenvalue weighted by atomic mass is 35.5. The first-order valence-electron chi connectivity index (χ1n) is 15.3. The maximum absolute atomic E-state index is 15.2. The van der Waals surface area contributed by atoms with Gasteiger partial charge in [0.15, 0.2) is 17.7 Å². The van der Waals surface area contributed by atoms with Gasteiger partial charge in [-0.3, -0.25) is 14.6 Å². The number of guanidine groups is 2. The van der Waals surface area contributed by atoms with Crippen molar-refractivity contribution in [3.05, 3.63) is 81.1 Å². The Bertz CT molecular complexity index is 1770. The second-order valence-corrected chi connectivity index (χ2v) is 12.1. The summed E-state index contributed by atoms with van der Waals surface area (Å²) in [6.07, 6.45) is 6.86. The van der Waals surface area contributed by atoms with Gasteiger partial charge in [0.25, 0.3) is 0 Å². The van der Waals surface area contributed by atoms with Crippen molar-refractivity contribution in [2.24, 2.45) is 44.6 Å². The molecule has 46 heavy (non-hydrogen) atoms. The molecule has 0 amide bonds. The fourth-order valence-corrected chi connectivity index (χ4v) is 5.59. The number of nitrogens with zero attached hydrogens (tertiary/aromatic N) is 4. The molecule has 0 radical (unpaired) electrons. The third-order valence-electron chi connectivity index (χ3n) is 8.04. The molecule has 1 aliphatic rings. The standard InChI is InChI=1S/C32H40ClFN10O2/c33-25-13-19(2-1-3-26(35)20-6-7-20)12-24(28(25)34)27-14-21-16-44(32(45)43-29(21)42-27)22-8-4-18(5-9-22)17-46-23(15-41-31(38)39)10-11-40-30(36)37/h4-5,8-9,12-14,16,20,23,26H,1-3,6-7,10-11,15,17,35H2,(H4,36,37,40)(H4,38,39,41)(H,42,43,45)/t23-,26?/m1/s1. The monoisotopic (exact) mass is 650 g/mol. The lowest BCUT2D eigenvalue weighted by Gasteiger charge is -2.15. The second-order valence-electron chi connectivity index (χ2n) is 11.7. The van der Waals surface area contributed by atoms with Crippen LogP contribution in [0.25, 0.3) is 28.0 Å². The van der Waals surface area contributed by atoms with Crippen LogP contribution in [-0.4, -0.2) is 51.7 Å². The molecular formula is C32H40ClFN10O2. The summed E-state index contributed by atoms with van der Waals surface area (Å²) in [5.41, 5.74) is 31.1. The lowest BCUT2D eigenvalue weighted by atomic mass is 10.00. The number of benzene rings is 2. The number of fused-ring (bicyclic) bond motifs is 1. The van der Waals surface area contributed by atoms with Gasteiger partial charge in [-0.05, 0) is 85.9 Å². The number of ether oxygens (including phenoxy) is 1. The number of nitrogens with one attached hydrogen (secondary N) is 1. The molecule has 5 rings (SSSR count). The minimum absolute atomic E-state index is 0.00341. The SMILES string of the molecule is NC(N)=NCC[C@H](CN=C(N)N)OCc1ccc(-n2cc3cc(-c4cc(CCCC(N)C5CC5)cc(Cl)c4F)[nH]c3nc2=O)cc1. The van der Waals surface area contributed by atoms with Crippen molar-refractivity contribution in [1.82, 2.24) is 14.5 Å². The van der Waals surface area contributed by atoms with Gasteiger partial charge in [0.2, 0.25) is 0 Å². The van der Waals surface area contributed by atoms with Gasteiger partial charge in [0.05, 0.1) is 35.7 Å². The Morgan fingerprint density at radius 1 is 1.07 bits per heavy atom. The zero-order chi connectivity index (χ0) is 32.8. The average molecular weight is 651 g/mol. The van der Waals surface area contributed by atoms with Gasteiger partial charge in [-0.25, -0.2) is 9.18 Å². The Labute approximate surface area is 270 Å². The molecule has 4 aromatic rings. The second kappa shape index (κ2) is 14.8. The third kappa shape index (κ3) is 8.62. The Hall–Kier alpha value is -4.46. The van der Waals surface area contributed by atoms with Crippen LogP contribution in [0, 0.1) is 11.7 Å². The lowest BCUT2D eigenvalue weighted by molar-refractivity contribution is 0.0429. The summed E-state index contributed by atoms with van der Waals surface area (Å²) in [5, 5.41) is 0.687. The van der Waals surface area contributed by atoms with Crippen LogP contribution in [0.2, 0.25) is 5.02 Å². The van der Waals surface area contributed by atoms with Crippen molar-refractivity contribution in [2.75, 3.05) is 13.1 Å². The number of aromatic nitrogens is 3. The molecule has 0 spiro atoms. The first-order chi connectivity index (χ1) is 22.1. The van der Waals surface area contributed by atoms with Crippen molar-refractivity contribution in [2.45, 2.75) is 57.3 Å². The van der Waals surface area contributed by atoms with Crippen LogP contribution in [0.3, 0.4) is 0 Å². The number of H-pyrrole nitrogens is 1. The highest BCUT2D eigenvalue weighted by Crippen LogP contribution is 2.34. The third-order valence-corrected chi connectivity index (χ3v) is 8.31. The van der Waals surface area contributed by atoms with Crippen LogP contribution in [-0.2, 0) is 17.8 Å². The molecule has 2 heterocycles. The van der Waals surface area contributed by atoms with Crippen molar-refractivity contribution < 1.29 is 9.13 Å². The molecule has 1 fully saturated rings. The lowest BCUT2D eigenvalue weighted by Crippen LogP contribution is -2.27. The van der Waals surface area contributed by atoms with Gasteiger partial charge in [-0.15, -0.1) is 0 Å². The summed E-state index contributed by atoms with van der Waals surface area (Å²) in [4.78, 5) is 28.3. The number of aryl methyl sites for hydroxylation is 1. The predicted molar refractivity (Wildman–Crippen MR) is 180 cm³/mol. The number of nitrogens with two attached hydrogens (primary N) is 5. The van der Waals surface area contributed by atoms with Gasteiger partial charge in [-0.2, -0.15) is 4.98 Å². The highest BCUT2D eigenvalue weighted by molar-refractivity contribution is 6.31. The van der Waals surface area contributed by atoms with E-state index in [-0.39, 0.29) is 42.2 Å². The van der Waals surface area contributed by atoms with Crippen LogP contribution in [0.4, 0.5) is 4.39 Å². The van der Waals surface area contributed by atoms with Gasteiger partial charge in [0.1, 0.15) is 5.65 Å². The first-order valence-corrected chi connectivity index (χ1v) is 15.6. The minimum Gasteiger partial charge on any atom is -0.372 e. The molecule has 1 aliphatic carbocycles.